The van der Waals surface area contributed by atoms with E-state index in [9.17, 15) is 0 Å². The van der Waals surface area contributed by atoms with Gasteiger partial charge in [-0.25, -0.2) is 4.39 Å². The summed E-state index contributed by atoms with van der Waals surface area (Å²) in [7, 11) is 0. The highest BCUT2D eigenvalue weighted by Crippen LogP contribution is 2.36. The van der Waals surface area contributed by atoms with Crippen molar-refractivity contribution < 1.29 is 4.39 Å². The quantitative estimate of drug-likeness (QED) is 0.256. The summed E-state index contributed by atoms with van der Waals surface area (Å²) in [6.07, 6.45) is 14.3. The summed E-state index contributed by atoms with van der Waals surface area (Å²) < 4.78 is 15.5. The third-order valence-electron chi connectivity index (χ3n) is 6.89. The molecule has 0 nitrogen and oxygen atoms in total. The maximum atomic E-state index is 15.5. The normalized spacial score (nSPS) is 16.2. The molecule has 31 heavy (non-hydrogen) atoms. The average molecular weight is 415 g/mol. The van der Waals surface area contributed by atoms with Crippen molar-refractivity contribution in [2.75, 3.05) is 0 Å². The predicted octanol–water partition coefficient (Wildman–Crippen LogP) is 8.49. The molecule has 1 heteroatoms. The summed E-state index contributed by atoms with van der Waals surface area (Å²) in [6, 6.07) is 17.4. The summed E-state index contributed by atoms with van der Waals surface area (Å²) in [4.78, 5) is 0. The summed E-state index contributed by atoms with van der Waals surface area (Å²) in [5, 5.41) is 1.82. The van der Waals surface area contributed by atoms with Gasteiger partial charge in [-0.1, -0.05) is 80.4 Å². The van der Waals surface area contributed by atoms with Crippen LogP contribution in [-0.4, -0.2) is 0 Å². The Morgan fingerprint density at radius 1 is 0.935 bits per heavy atom. The molecule has 162 valence electrons. The molecule has 0 amide bonds. The molecule has 0 saturated carbocycles. The van der Waals surface area contributed by atoms with E-state index in [2.05, 4.69) is 68.5 Å². The summed E-state index contributed by atoms with van der Waals surface area (Å²) in [6.45, 7) is 4.30. The number of benzene rings is 3. The molecule has 1 unspecified atom stereocenters. The summed E-state index contributed by atoms with van der Waals surface area (Å²) in [5.41, 5.74) is 6.50. The third-order valence-corrected chi connectivity index (χ3v) is 6.89. The lowest BCUT2D eigenvalue weighted by Crippen LogP contribution is -2.14. The smallest absolute Gasteiger partial charge is 0.134 e. The predicted molar refractivity (Wildman–Crippen MR) is 131 cm³/mol. The average Bonchev–Trinajstić information content (AvgIpc) is 2.79. The molecule has 0 bridgehead atoms. The minimum Gasteiger partial charge on any atom is -0.206 e. The number of unbranched alkanes of at least 4 members (excludes halogenated alkanes) is 2. The molecule has 0 spiro atoms. The molecule has 4 rings (SSSR count). The van der Waals surface area contributed by atoms with E-state index >= 15 is 4.39 Å². The molecule has 0 aliphatic heterocycles. The monoisotopic (exact) mass is 414 g/mol. The van der Waals surface area contributed by atoms with Crippen molar-refractivity contribution in [1.29, 1.82) is 0 Å². The Morgan fingerprint density at radius 3 is 2.61 bits per heavy atom. The van der Waals surface area contributed by atoms with Gasteiger partial charge in [0.1, 0.15) is 5.82 Å². The minimum absolute atomic E-state index is 0.00553. The lowest BCUT2D eigenvalue weighted by Gasteiger charge is -2.26. The van der Waals surface area contributed by atoms with E-state index in [4.69, 9.17) is 0 Å². The van der Waals surface area contributed by atoms with Gasteiger partial charge in [-0.3, -0.25) is 0 Å². The van der Waals surface area contributed by atoms with Crippen molar-refractivity contribution in [3.63, 3.8) is 0 Å². The Balaban J connectivity index is 1.51. The Kier molecular flexibility index (Phi) is 7.22. The van der Waals surface area contributed by atoms with Crippen LogP contribution in [-0.2, 0) is 25.7 Å². The first-order chi connectivity index (χ1) is 15.2. The fourth-order valence-electron chi connectivity index (χ4n) is 5.05. The highest BCUT2D eigenvalue weighted by molar-refractivity contribution is 5.84. The lowest BCUT2D eigenvalue weighted by molar-refractivity contribution is 0.539. The fraction of sp³-hybridized carbons (Fsp3) is 0.400. The number of hydrogen-bond donors (Lipinski definition) is 0. The maximum absolute atomic E-state index is 15.5. The number of halogens is 1. The molecule has 0 fully saturated rings. The van der Waals surface area contributed by atoms with Gasteiger partial charge in [0.05, 0.1) is 0 Å². The van der Waals surface area contributed by atoms with Crippen molar-refractivity contribution in [1.82, 2.24) is 0 Å². The van der Waals surface area contributed by atoms with Gasteiger partial charge >= 0.3 is 0 Å². The Hall–Kier alpha value is -2.41. The molecule has 1 atom stereocenters. The second kappa shape index (κ2) is 10.3. The van der Waals surface area contributed by atoms with E-state index in [1.54, 1.807) is 0 Å². The zero-order valence-corrected chi connectivity index (χ0v) is 19.1. The highest BCUT2D eigenvalue weighted by atomic mass is 19.1. The molecular weight excluding hydrogens is 379 g/mol. The molecule has 1 aliphatic carbocycles. The van der Waals surface area contributed by atoms with Crippen LogP contribution in [0.1, 0.15) is 79.7 Å². The first-order valence-corrected chi connectivity index (χ1v) is 12.1. The van der Waals surface area contributed by atoms with Crippen LogP contribution >= 0.6 is 0 Å². The highest BCUT2D eigenvalue weighted by Gasteiger charge is 2.23. The van der Waals surface area contributed by atoms with E-state index in [1.165, 1.54) is 41.5 Å². The van der Waals surface area contributed by atoms with E-state index in [-0.39, 0.29) is 11.7 Å². The fourth-order valence-corrected chi connectivity index (χ4v) is 5.05. The number of allylic oxidation sites excluding steroid dienone is 2. The van der Waals surface area contributed by atoms with E-state index in [1.807, 2.05) is 6.07 Å². The molecule has 1 aliphatic rings. The topological polar surface area (TPSA) is 0 Å². The standard InChI is InChI=1S/C30H35F/c1-3-5-7-9-22-11-13-25-21-27(15-14-24(25)19-22)29-18-16-26-20-23(10-8-6-4-2)12-17-28(26)30(29)31/h3,5,11-13,16-20,27H,4,6-10,14-15,21H2,1-2H3/b5-3+. The van der Waals surface area contributed by atoms with Gasteiger partial charge in [-0.05, 0) is 91.0 Å². The number of fused-ring (bicyclic) bond motifs is 2. The van der Waals surface area contributed by atoms with Gasteiger partial charge in [0.15, 0.2) is 0 Å². The summed E-state index contributed by atoms with van der Waals surface area (Å²) in [5.74, 6) is 0.268. The molecule has 0 saturated heterocycles. The third kappa shape index (κ3) is 5.09. The second-order valence-electron chi connectivity index (χ2n) is 9.13. The van der Waals surface area contributed by atoms with Crippen LogP contribution < -0.4 is 0 Å². The van der Waals surface area contributed by atoms with Crippen LogP contribution in [0.25, 0.3) is 10.8 Å². The van der Waals surface area contributed by atoms with Crippen molar-refractivity contribution in [3.05, 3.63) is 94.3 Å². The summed E-state index contributed by atoms with van der Waals surface area (Å²) >= 11 is 0. The maximum Gasteiger partial charge on any atom is 0.134 e. The van der Waals surface area contributed by atoms with Gasteiger partial charge in [-0.2, -0.15) is 0 Å². The van der Waals surface area contributed by atoms with Gasteiger partial charge in [0.25, 0.3) is 0 Å². The largest absolute Gasteiger partial charge is 0.206 e. The number of hydrogen-bond acceptors (Lipinski definition) is 0. The van der Waals surface area contributed by atoms with Crippen molar-refractivity contribution >= 4 is 10.8 Å². The van der Waals surface area contributed by atoms with Gasteiger partial charge in [0.2, 0.25) is 0 Å². The van der Waals surface area contributed by atoms with Crippen LogP contribution in [0.4, 0.5) is 4.39 Å². The Bertz CT molecular complexity index is 1060. The molecule has 0 aromatic heterocycles. The molecule has 3 aromatic rings. The van der Waals surface area contributed by atoms with E-state index < -0.39 is 0 Å². The van der Waals surface area contributed by atoms with Crippen LogP contribution in [0.3, 0.4) is 0 Å². The first-order valence-electron chi connectivity index (χ1n) is 12.1. The molecule has 0 radical (unpaired) electrons. The number of aryl methyl sites for hydroxylation is 3. The van der Waals surface area contributed by atoms with Crippen molar-refractivity contribution in [2.45, 2.75) is 77.6 Å². The lowest BCUT2D eigenvalue weighted by atomic mass is 9.79. The van der Waals surface area contributed by atoms with Crippen molar-refractivity contribution in [3.8, 4) is 0 Å². The zero-order chi connectivity index (χ0) is 21.6. The van der Waals surface area contributed by atoms with Gasteiger partial charge < -0.3 is 0 Å². The Labute approximate surface area is 187 Å². The van der Waals surface area contributed by atoms with Crippen LogP contribution in [0.5, 0.6) is 0 Å². The van der Waals surface area contributed by atoms with Crippen molar-refractivity contribution in [2.24, 2.45) is 0 Å². The van der Waals surface area contributed by atoms with Gasteiger partial charge in [0, 0.05) is 5.39 Å². The molecular formula is C30H35F. The molecule has 3 aromatic carbocycles. The van der Waals surface area contributed by atoms with Crippen LogP contribution in [0, 0.1) is 5.82 Å². The van der Waals surface area contributed by atoms with E-state index in [0.717, 1.165) is 54.9 Å². The van der Waals surface area contributed by atoms with Crippen LogP contribution in [0.2, 0.25) is 0 Å². The van der Waals surface area contributed by atoms with Crippen LogP contribution in [0.15, 0.2) is 60.7 Å². The van der Waals surface area contributed by atoms with E-state index in [0.29, 0.717) is 0 Å². The van der Waals surface area contributed by atoms with Gasteiger partial charge in [-0.15, -0.1) is 0 Å². The second-order valence-corrected chi connectivity index (χ2v) is 9.13. The first kappa shape index (κ1) is 21.8. The zero-order valence-electron chi connectivity index (χ0n) is 19.1. The minimum atomic E-state index is -0.00553. The Morgan fingerprint density at radius 2 is 1.77 bits per heavy atom. The molecule has 0 N–H and O–H groups in total. The number of rotatable bonds is 8. The molecule has 0 heterocycles. The SMILES string of the molecule is C/C=C/CCc1ccc2c(c1)CCC(c1ccc3cc(CCCCC)ccc3c1F)C2.